The smallest absolute Gasteiger partial charge is 0.327 e. The molecule has 2 fully saturated rings. The van der Waals surface area contributed by atoms with Crippen molar-refractivity contribution in [3.8, 4) is 0 Å². The molecule has 0 saturated carbocycles. The van der Waals surface area contributed by atoms with Gasteiger partial charge >= 0.3 is 6.03 Å². The van der Waals surface area contributed by atoms with Gasteiger partial charge in [-0.1, -0.05) is 30.3 Å². The highest BCUT2D eigenvalue weighted by Gasteiger charge is 2.57. The average molecular weight is 395 g/mol. The van der Waals surface area contributed by atoms with Crippen molar-refractivity contribution in [3.05, 3.63) is 54.5 Å². The van der Waals surface area contributed by atoms with Crippen LogP contribution in [-0.2, 0) is 11.3 Å². The zero-order chi connectivity index (χ0) is 20.3. The van der Waals surface area contributed by atoms with E-state index in [1.165, 1.54) is 4.90 Å². The van der Waals surface area contributed by atoms with Crippen molar-refractivity contribution < 1.29 is 14.7 Å². The van der Waals surface area contributed by atoms with Gasteiger partial charge in [-0.3, -0.25) is 14.7 Å². The predicted molar refractivity (Wildman–Crippen MR) is 107 cm³/mol. The Labute approximate surface area is 169 Å². The SMILES string of the molecule is O=C1N(CCCO)C(=O)C2(CCN(c3cnccn3)CC2)N1Cc1ccccc1. The van der Waals surface area contributed by atoms with Crippen LogP contribution in [0.3, 0.4) is 0 Å². The second-order valence-electron chi connectivity index (χ2n) is 7.47. The van der Waals surface area contributed by atoms with E-state index in [9.17, 15) is 14.7 Å². The van der Waals surface area contributed by atoms with Crippen LogP contribution in [0.4, 0.5) is 10.6 Å². The number of hydrogen-bond donors (Lipinski definition) is 1. The molecular formula is C21H25N5O3. The summed E-state index contributed by atoms with van der Waals surface area (Å²) in [6, 6.07) is 9.48. The first-order chi connectivity index (χ1) is 14.2. The molecule has 1 aromatic heterocycles. The molecule has 0 atom stereocenters. The number of urea groups is 1. The minimum Gasteiger partial charge on any atom is -0.396 e. The second kappa shape index (κ2) is 8.16. The fourth-order valence-corrected chi connectivity index (χ4v) is 4.24. The maximum absolute atomic E-state index is 13.4. The van der Waals surface area contributed by atoms with E-state index < -0.39 is 5.54 Å². The number of piperidine rings is 1. The van der Waals surface area contributed by atoms with Gasteiger partial charge in [-0.2, -0.15) is 0 Å². The minimum atomic E-state index is -0.846. The van der Waals surface area contributed by atoms with E-state index in [1.54, 1.807) is 23.5 Å². The van der Waals surface area contributed by atoms with Crippen LogP contribution in [0, 0.1) is 0 Å². The molecule has 0 aliphatic carbocycles. The number of imide groups is 1. The van der Waals surface area contributed by atoms with E-state index in [1.807, 2.05) is 30.3 Å². The average Bonchev–Trinajstić information content (AvgIpc) is 2.95. The normalized spacial score (nSPS) is 18.7. The van der Waals surface area contributed by atoms with Crippen molar-refractivity contribution in [2.45, 2.75) is 31.3 Å². The quantitative estimate of drug-likeness (QED) is 0.749. The van der Waals surface area contributed by atoms with Crippen LogP contribution >= 0.6 is 0 Å². The molecule has 8 nitrogen and oxygen atoms in total. The molecule has 2 aromatic rings. The molecule has 8 heteroatoms. The van der Waals surface area contributed by atoms with Crippen LogP contribution in [0.15, 0.2) is 48.9 Å². The molecule has 2 aliphatic heterocycles. The van der Waals surface area contributed by atoms with E-state index in [0.717, 1.165) is 11.4 Å². The number of anilines is 1. The van der Waals surface area contributed by atoms with Crippen molar-refractivity contribution >= 4 is 17.8 Å². The van der Waals surface area contributed by atoms with Crippen molar-refractivity contribution in [2.24, 2.45) is 0 Å². The summed E-state index contributed by atoms with van der Waals surface area (Å²) in [5.41, 5.74) is 0.148. The zero-order valence-electron chi connectivity index (χ0n) is 16.3. The van der Waals surface area contributed by atoms with E-state index in [2.05, 4.69) is 14.9 Å². The fraction of sp³-hybridized carbons (Fsp3) is 0.429. The molecular weight excluding hydrogens is 370 g/mol. The molecule has 1 N–H and O–H groups in total. The van der Waals surface area contributed by atoms with Gasteiger partial charge in [0.1, 0.15) is 11.4 Å². The topological polar surface area (TPSA) is 89.9 Å². The third-order valence-corrected chi connectivity index (χ3v) is 5.81. The van der Waals surface area contributed by atoms with Gasteiger partial charge in [-0.25, -0.2) is 9.78 Å². The number of carbonyl (C=O) groups excluding carboxylic acids is 2. The number of aliphatic hydroxyl groups excluding tert-OH is 1. The molecule has 0 unspecified atom stereocenters. The number of hydrogen-bond acceptors (Lipinski definition) is 6. The first-order valence-corrected chi connectivity index (χ1v) is 9.95. The predicted octanol–water partition coefficient (Wildman–Crippen LogP) is 1.66. The summed E-state index contributed by atoms with van der Waals surface area (Å²) in [6.07, 6.45) is 6.47. The monoisotopic (exact) mass is 395 g/mol. The fourth-order valence-electron chi connectivity index (χ4n) is 4.24. The van der Waals surface area contributed by atoms with E-state index in [0.29, 0.717) is 38.9 Å². The van der Waals surface area contributed by atoms with Crippen LogP contribution in [0.1, 0.15) is 24.8 Å². The Kier molecular flexibility index (Phi) is 5.44. The lowest BCUT2D eigenvalue weighted by Gasteiger charge is -2.42. The van der Waals surface area contributed by atoms with Gasteiger partial charge in [0.25, 0.3) is 5.91 Å². The second-order valence-corrected chi connectivity index (χ2v) is 7.47. The van der Waals surface area contributed by atoms with Crippen molar-refractivity contribution in [2.75, 3.05) is 31.1 Å². The summed E-state index contributed by atoms with van der Waals surface area (Å²) in [7, 11) is 0. The maximum atomic E-state index is 13.4. The van der Waals surface area contributed by atoms with E-state index in [4.69, 9.17) is 0 Å². The molecule has 4 rings (SSSR count). The number of nitrogens with zero attached hydrogens (tertiary/aromatic N) is 5. The number of rotatable bonds is 6. The summed E-state index contributed by atoms with van der Waals surface area (Å²) >= 11 is 0. The summed E-state index contributed by atoms with van der Waals surface area (Å²) in [4.78, 5) is 40.2. The Hall–Kier alpha value is -3.00. The number of aromatic nitrogens is 2. The van der Waals surface area contributed by atoms with Gasteiger partial charge in [-0.05, 0) is 24.8 Å². The molecule has 3 heterocycles. The Balaban J connectivity index is 1.59. The van der Waals surface area contributed by atoms with Gasteiger partial charge in [0.15, 0.2) is 0 Å². The molecule has 0 bridgehead atoms. The van der Waals surface area contributed by atoms with Crippen molar-refractivity contribution in [1.29, 1.82) is 0 Å². The molecule has 2 saturated heterocycles. The molecule has 2 aliphatic rings. The number of aliphatic hydroxyl groups is 1. The minimum absolute atomic E-state index is 0.0524. The Morgan fingerprint density at radius 2 is 1.83 bits per heavy atom. The maximum Gasteiger partial charge on any atom is 0.327 e. The third kappa shape index (κ3) is 3.55. The van der Waals surface area contributed by atoms with Crippen LogP contribution in [-0.4, -0.2) is 68.6 Å². The highest BCUT2D eigenvalue weighted by atomic mass is 16.3. The standard InChI is InChI=1S/C21H25N5O3/c27-14-4-11-25-19(28)21(26(20(25)29)16-17-5-2-1-3-6-17)7-12-24(13-8-21)18-15-22-9-10-23-18/h1-3,5-6,9-10,15,27H,4,7-8,11-14,16H2. The molecule has 1 spiro atoms. The van der Waals surface area contributed by atoms with Crippen LogP contribution in [0.25, 0.3) is 0 Å². The van der Waals surface area contributed by atoms with Crippen LogP contribution in [0.5, 0.6) is 0 Å². The molecule has 29 heavy (non-hydrogen) atoms. The molecule has 3 amide bonds. The highest BCUT2D eigenvalue weighted by Crippen LogP contribution is 2.39. The largest absolute Gasteiger partial charge is 0.396 e. The third-order valence-electron chi connectivity index (χ3n) is 5.81. The van der Waals surface area contributed by atoms with Gasteiger partial charge in [0.05, 0.1) is 6.20 Å². The van der Waals surface area contributed by atoms with Gasteiger partial charge < -0.3 is 14.9 Å². The Morgan fingerprint density at radius 3 is 2.48 bits per heavy atom. The summed E-state index contributed by atoms with van der Waals surface area (Å²) in [5.74, 6) is 0.636. The molecule has 1 aromatic carbocycles. The number of amides is 3. The summed E-state index contributed by atoms with van der Waals surface area (Å²) in [5, 5.41) is 9.18. The zero-order valence-corrected chi connectivity index (χ0v) is 16.3. The lowest BCUT2D eigenvalue weighted by molar-refractivity contribution is -0.134. The van der Waals surface area contributed by atoms with Crippen molar-refractivity contribution in [1.82, 2.24) is 19.8 Å². The summed E-state index contributed by atoms with van der Waals surface area (Å²) in [6.45, 7) is 1.83. The van der Waals surface area contributed by atoms with Gasteiger partial charge in [0, 0.05) is 45.2 Å². The summed E-state index contributed by atoms with van der Waals surface area (Å²) < 4.78 is 0. The van der Waals surface area contributed by atoms with Crippen LogP contribution < -0.4 is 4.90 Å². The van der Waals surface area contributed by atoms with E-state index >= 15 is 0 Å². The van der Waals surface area contributed by atoms with Crippen LogP contribution in [0.2, 0.25) is 0 Å². The lowest BCUT2D eigenvalue weighted by atomic mass is 9.85. The number of carbonyl (C=O) groups is 2. The molecule has 152 valence electrons. The lowest BCUT2D eigenvalue weighted by Crippen LogP contribution is -2.56. The first-order valence-electron chi connectivity index (χ1n) is 9.95. The highest BCUT2D eigenvalue weighted by molar-refractivity contribution is 6.07. The Morgan fingerprint density at radius 1 is 1.07 bits per heavy atom. The van der Waals surface area contributed by atoms with Gasteiger partial charge in [-0.15, -0.1) is 0 Å². The van der Waals surface area contributed by atoms with Crippen molar-refractivity contribution in [3.63, 3.8) is 0 Å². The molecule has 0 radical (unpaired) electrons. The first kappa shape index (κ1) is 19.3. The van der Waals surface area contributed by atoms with E-state index in [-0.39, 0.29) is 25.1 Å². The number of benzene rings is 1. The van der Waals surface area contributed by atoms with Gasteiger partial charge in [0.2, 0.25) is 0 Å². The Bertz CT molecular complexity index is 853.